The number of rotatable bonds is 8. The molecule has 2 aromatic carbocycles. The standard InChI is InChI=1S/C23H26N4O2S/c1-4-27(5-2)22(29)18-12-9-13-19(14-18)25-21(28)16-30-23-24-15-20(26(23)3)17-10-7-6-8-11-17/h6-15H,4-5,16H2,1-3H3,(H,25,28). The third-order valence-corrected chi connectivity index (χ3v) is 5.84. The molecule has 0 unspecified atom stereocenters. The van der Waals surface area contributed by atoms with Crippen LogP contribution < -0.4 is 5.32 Å². The zero-order valence-electron chi connectivity index (χ0n) is 17.5. The van der Waals surface area contributed by atoms with E-state index in [9.17, 15) is 9.59 Å². The number of hydrogen-bond donors (Lipinski definition) is 1. The molecule has 1 aromatic heterocycles. The first-order valence-electron chi connectivity index (χ1n) is 9.92. The molecule has 7 heteroatoms. The Kier molecular flexibility index (Phi) is 7.30. The summed E-state index contributed by atoms with van der Waals surface area (Å²) in [7, 11) is 1.94. The van der Waals surface area contributed by atoms with Crippen LogP contribution in [-0.4, -0.2) is 45.1 Å². The topological polar surface area (TPSA) is 67.2 Å². The molecule has 0 aliphatic rings. The molecule has 1 heterocycles. The SMILES string of the molecule is CCN(CC)C(=O)c1cccc(NC(=O)CSc2ncc(-c3ccccc3)n2C)c1. The van der Waals surface area contributed by atoms with Gasteiger partial charge in [0.2, 0.25) is 5.91 Å². The van der Waals surface area contributed by atoms with Crippen molar-refractivity contribution in [3.05, 3.63) is 66.4 Å². The lowest BCUT2D eigenvalue weighted by Crippen LogP contribution is -2.30. The summed E-state index contributed by atoms with van der Waals surface area (Å²) in [5.41, 5.74) is 3.27. The highest BCUT2D eigenvalue weighted by molar-refractivity contribution is 7.99. The van der Waals surface area contributed by atoms with Gasteiger partial charge < -0.3 is 14.8 Å². The molecular formula is C23H26N4O2S. The smallest absolute Gasteiger partial charge is 0.253 e. The first-order valence-corrected chi connectivity index (χ1v) is 10.9. The zero-order chi connectivity index (χ0) is 21.5. The van der Waals surface area contributed by atoms with Crippen LogP contribution in [0.5, 0.6) is 0 Å². The minimum Gasteiger partial charge on any atom is -0.339 e. The summed E-state index contributed by atoms with van der Waals surface area (Å²) in [4.78, 5) is 31.1. The average molecular weight is 423 g/mol. The second-order valence-electron chi connectivity index (χ2n) is 6.75. The number of anilines is 1. The minimum absolute atomic E-state index is 0.0353. The highest BCUT2D eigenvalue weighted by Gasteiger charge is 2.14. The lowest BCUT2D eigenvalue weighted by molar-refractivity contribution is -0.113. The fourth-order valence-corrected chi connectivity index (χ4v) is 3.91. The third-order valence-electron chi connectivity index (χ3n) is 4.79. The molecule has 1 N–H and O–H groups in total. The quantitative estimate of drug-likeness (QED) is 0.550. The van der Waals surface area contributed by atoms with Crippen molar-refractivity contribution in [2.45, 2.75) is 19.0 Å². The van der Waals surface area contributed by atoms with Gasteiger partial charge in [-0.1, -0.05) is 48.2 Å². The van der Waals surface area contributed by atoms with Crippen molar-refractivity contribution >= 4 is 29.3 Å². The Morgan fingerprint density at radius 3 is 2.50 bits per heavy atom. The Morgan fingerprint density at radius 1 is 1.07 bits per heavy atom. The summed E-state index contributed by atoms with van der Waals surface area (Å²) < 4.78 is 1.98. The molecule has 0 aliphatic heterocycles. The van der Waals surface area contributed by atoms with Crippen molar-refractivity contribution in [2.75, 3.05) is 24.2 Å². The Balaban J connectivity index is 1.61. The van der Waals surface area contributed by atoms with Crippen LogP contribution in [0.15, 0.2) is 66.0 Å². The number of benzene rings is 2. The van der Waals surface area contributed by atoms with Gasteiger partial charge in [-0.2, -0.15) is 0 Å². The molecule has 3 rings (SSSR count). The summed E-state index contributed by atoms with van der Waals surface area (Å²) in [6, 6.07) is 17.1. The van der Waals surface area contributed by atoms with Crippen molar-refractivity contribution in [3.63, 3.8) is 0 Å². The monoisotopic (exact) mass is 422 g/mol. The van der Waals surface area contributed by atoms with Crippen LogP contribution in [0.2, 0.25) is 0 Å². The number of nitrogens with zero attached hydrogens (tertiary/aromatic N) is 3. The van der Waals surface area contributed by atoms with Crippen molar-refractivity contribution in [2.24, 2.45) is 7.05 Å². The molecular weight excluding hydrogens is 396 g/mol. The molecule has 0 saturated carbocycles. The predicted octanol–water partition coefficient (Wildman–Crippen LogP) is 4.30. The Hall–Kier alpha value is -3.06. The lowest BCUT2D eigenvalue weighted by Gasteiger charge is -2.19. The third kappa shape index (κ3) is 5.10. The first kappa shape index (κ1) is 21.6. The summed E-state index contributed by atoms with van der Waals surface area (Å²) in [6.07, 6.45) is 1.82. The summed E-state index contributed by atoms with van der Waals surface area (Å²) in [5, 5.41) is 3.65. The normalized spacial score (nSPS) is 10.6. The molecule has 3 aromatic rings. The number of aromatic nitrogens is 2. The largest absolute Gasteiger partial charge is 0.339 e. The summed E-state index contributed by atoms with van der Waals surface area (Å²) in [6.45, 7) is 5.20. The maximum absolute atomic E-state index is 12.5. The van der Waals surface area contributed by atoms with Crippen LogP contribution in [0.25, 0.3) is 11.3 Å². The second kappa shape index (κ2) is 10.1. The molecule has 156 valence electrons. The van der Waals surface area contributed by atoms with Gasteiger partial charge in [0.15, 0.2) is 5.16 Å². The van der Waals surface area contributed by atoms with E-state index in [1.807, 2.05) is 62.0 Å². The van der Waals surface area contributed by atoms with Gasteiger partial charge in [-0.3, -0.25) is 9.59 Å². The van der Waals surface area contributed by atoms with E-state index in [1.165, 1.54) is 11.8 Å². The van der Waals surface area contributed by atoms with Crippen LogP contribution >= 0.6 is 11.8 Å². The second-order valence-corrected chi connectivity index (χ2v) is 7.69. The number of carbonyl (C=O) groups is 2. The molecule has 0 aliphatic carbocycles. The number of hydrogen-bond acceptors (Lipinski definition) is 4. The van der Waals surface area contributed by atoms with Crippen LogP contribution in [0.3, 0.4) is 0 Å². The Bertz CT molecular complexity index is 1010. The molecule has 30 heavy (non-hydrogen) atoms. The zero-order valence-corrected chi connectivity index (χ0v) is 18.3. The lowest BCUT2D eigenvalue weighted by atomic mass is 10.1. The van der Waals surface area contributed by atoms with Crippen LogP contribution in [0, 0.1) is 0 Å². The maximum atomic E-state index is 12.5. The van der Waals surface area contributed by atoms with Crippen LogP contribution in [0.4, 0.5) is 5.69 Å². The van der Waals surface area contributed by atoms with E-state index in [0.717, 1.165) is 16.4 Å². The van der Waals surface area contributed by atoms with Gasteiger partial charge in [-0.15, -0.1) is 0 Å². The van der Waals surface area contributed by atoms with E-state index in [2.05, 4.69) is 10.3 Å². The molecule has 2 amide bonds. The van der Waals surface area contributed by atoms with Crippen molar-refractivity contribution in [1.29, 1.82) is 0 Å². The van der Waals surface area contributed by atoms with E-state index < -0.39 is 0 Å². The number of amides is 2. The van der Waals surface area contributed by atoms with E-state index in [4.69, 9.17) is 0 Å². The van der Waals surface area contributed by atoms with Crippen molar-refractivity contribution in [1.82, 2.24) is 14.5 Å². The number of carbonyl (C=O) groups excluding carboxylic acids is 2. The molecule has 0 bridgehead atoms. The minimum atomic E-state index is -0.142. The van der Waals surface area contributed by atoms with Gasteiger partial charge in [-0.05, 0) is 37.6 Å². The molecule has 0 atom stereocenters. The fraction of sp³-hybridized carbons (Fsp3) is 0.261. The van der Waals surface area contributed by atoms with Gasteiger partial charge in [-0.25, -0.2) is 4.98 Å². The molecule has 0 saturated heterocycles. The number of nitrogens with one attached hydrogen (secondary N) is 1. The maximum Gasteiger partial charge on any atom is 0.253 e. The van der Waals surface area contributed by atoms with Gasteiger partial charge in [0, 0.05) is 31.4 Å². The Labute approximate surface area is 181 Å². The van der Waals surface area contributed by atoms with Gasteiger partial charge in [0.25, 0.3) is 5.91 Å². The van der Waals surface area contributed by atoms with Crippen molar-refractivity contribution < 1.29 is 9.59 Å². The first-order chi connectivity index (χ1) is 14.5. The van der Waals surface area contributed by atoms with Gasteiger partial charge in [0.05, 0.1) is 17.6 Å². The van der Waals surface area contributed by atoms with Crippen LogP contribution in [-0.2, 0) is 11.8 Å². The van der Waals surface area contributed by atoms with E-state index in [1.54, 1.807) is 29.2 Å². The molecule has 0 radical (unpaired) electrons. The van der Waals surface area contributed by atoms with Crippen LogP contribution in [0.1, 0.15) is 24.2 Å². The number of thioether (sulfide) groups is 1. The van der Waals surface area contributed by atoms with Gasteiger partial charge in [0.1, 0.15) is 0 Å². The Morgan fingerprint density at radius 2 is 1.80 bits per heavy atom. The predicted molar refractivity (Wildman–Crippen MR) is 122 cm³/mol. The molecule has 0 spiro atoms. The van der Waals surface area contributed by atoms with E-state index >= 15 is 0 Å². The fourth-order valence-electron chi connectivity index (χ4n) is 3.15. The van der Waals surface area contributed by atoms with Crippen molar-refractivity contribution in [3.8, 4) is 11.3 Å². The van der Waals surface area contributed by atoms with E-state index in [-0.39, 0.29) is 17.6 Å². The molecule has 0 fully saturated rings. The summed E-state index contributed by atoms with van der Waals surface area (Å²) >= 11 is 1.38. The van der Waals surface area contributed by atoms with Gasteiger partial charge >= 0.3 is 0 Å². The van der Waals surface area contributed by atoms with E-state index in [0.29, 0.717) is 24.3 Å². The molecule has 6 nitrogen and oxygen atoms in total. The summed E-state index contributed by atoms with van der Waals surface area (Å²) in [5.74, 6) is 0.0523. The highest BCUT2D eigenvalue weighted by Crippen LogP contribution is 2.24. The number of imidazole rings is 1. The highest BCUT2D eigenvalue weighted by atomic mass is 32.2. The average Bonchev–Trinajstić information content (AvgIpc) is 3.14.